The molecular weight excluding hydrogens is 273 g/mol. The standard InChI is InChI=1S/C12H17Cl2N3O/c1-4-12(15,5-2)11(18)17-9-7(3)6-8(13)16-10(9)14/h6H,4-5,15H2,1-3H3,(H,17,18). The summed E-state index contributed by atoms with van der Waals surface area (Å²) in [6, 6.07) is 1.64. The van der Waals surface area contributed by atoms with Gasteiger partial charge in [-0.25, -0.2) is 4.98 Å². The molecule has 0 saturated carbocycles. The van der Waals surface area contributed by atoms with Crippen LogP contribution >= 0.6 is 23.2 Å². The topological polar surface area (TPSA) is 68.0 Å². The quantitative estimate of drug-likeness (QED) is 0.837. The molecule has 0 aliphatic carbocycles. The highest BCUT2D eigenvalue weighted by Crippen LogP contribution is 2.27. The Morgan fingerprint density at radius 2 is 2.00 bits per heavy atom. The molecule has 0 aliphatic rings. The Morgan fingerprint density at radius 1 is 1.44 bits per heavy atom. The van der Waals surface area contributed by atoms with Crippen molar-refractivity contribution in [3.05, 3.63) is 21.9 Å². The minimum absolute atomic E-state index is 0.169. The zero-order valence-electron chi connectivity index (χ0n) is 10.7. The first-order valence-corrected chi connectivity index (χ1v) is 6.52. The van der Waals surface area contributed by atoms with Gasteiger partial charge in [0.25, 0.3) is 0 Å². The van der Waals surface area contributed by atoms with Crippen molar-refractivity contribution in [1.29, 1.82) is 0 Å². The number of pyridine rings is 1. The van der Waals surface area contributed by atoms with Gasteiger partial charge in [0.15, 0.2) is 5.15 Å². The maximum absolute atomic E-state index is 12.1. The third-order valence-electron chi connectivity index (χ3n) is 3.09. The second-order valence-corrected chi connectivity index (χ2v) is 4.99. The number of carbonyl (C=O) groups excluding carboxylic acids is 1. The van der Waals surface area contributed by atoms with Crippen molar-refractivity contribution < 1.29 is 4.79 Å². The van der Waals surface area contributed by atoms with Crippen LogP contribution in [0.1, 0.15) is 32.3 Å². The third kappa shape index (κ3) is 3.13. The number of anilines is 1. The molecule has 0 spiro atoms. The van der Waals surface area contributed by atoms with Gasteiger partial charge < -0.3 is 11.1 Å². The Kier molecular flexibility index (Phi) is 4.96. The molecule has 0 fully saturated rings. The van der Waals surface area contributed by atoms with Gasteiger partial charge in [0.2, 0.25) is 5.91 Å². The molecule has 0 aliphatic heterocycles. The van der Waals surface area contributed by atoms with E-state index in [9.17, 15) is 4.79 Å². The lowest BCUT2D eigenvalue weighted by molar-refractivity contribution is -0.121. The fraction of sp³-hybridized carbons (Fsp3) is 0.500. The molecule has 0 atom stereocenters. The summed E-state index contributed by atoms with van der Waals surface area (Å²) in [5, 5.41) is 3.19. The van der Waals surface area contributed by atoms with E-state index in [1.165, 1.54) is 0 Å². The molecule has 0 saturated heterocycles. The number of hydrogen-bond acceptors (Lipinski definition) is 3. The zero-order valence-corrected chi connectivity index (χ0v) is 12.2. The van der Waals surface area contributed by atoms with Crippen LogP contribution in [0.5, 0.6) is 0 Å². The van der Waals surface area contributed by atoms with Crippen LogP contribution in [-0.4, -0.2) is 16.4 Å². The van der Waals surface area contributed by atoms with E-state index < -0.39 is 5.54 Å². The molecule has 6 heteroatoms. The van der Waals surface area contributed by atoms with Crippen LogP contribution in [0, 0.1) is 6.92 Å². The lowest BCUT2D eigenvalue weighted by atomic mass is 9.93. The molecule has 18 heavy (non-hydrogen) atoms. The molecule has 100 valence electrons. The second kappa shape index (κ2) is 5.87. The Labute approximate surface area is 117 Å². The monoisotopic (exact) mass is 289 g/mol. The van der Waals surface area contributed by atoms with Crippen LogP contribution in [0.4, 0.5) is 5.69 Å². The summed E-state index contributed by atoms with van der Waals surface area (Å²) in [5.74, 6) is -0.262. The Hall–Kier alpha value is -0.840. The highest BCUT2D eigenvalue weighted by atomic mass is 35.5. The average molecular weight is 290 g/mol. The van der Waals surface area contributed by atoms with Crippen molar-refractivity contribution in [2.24, 2.45) is 5.73 Å². The van der Waals surface area contributed by atoms with Crippen molar-refractivity contribution >= 4 is 34.8 Å². The Balaban J connectivity index is 3.02. The van der Waals surface area contributed by atoms with Crippen molar-refractivity contribution in [1.82, 2.24) is 4.98 Å². The van der Waals surface area contributed by atoms with Crippen molar-refractivity contribution in [2.45, 2.75) is 39.2 Å². The van der Waals surface area contributed by atoms with Gasteiger partial charge >= 0.3 is 0 Å². The van der Waals surface area contributed by atoms with Crippen molar-refractivity contribution in [2.75, 3.05) is 5.32 Å². The zero-order chi connectivity index (χ0) is 13.9. The molecule has 0 radical (unpaired) electrons. The maximum Gasteiger partial charge on any atom is 0.244 e. The van der Waals surface area contributed by atoms with Crippen LogP contribution in [0.15, 0.2) is 6.07 Å². The van der Waals surface area contributed by atoms with E-state index in [0.717, 1.165) is 5.56 Å². The number of carbonyl (C=O) groups is 1. The highest BCUT2D eigenvalue weighted by Gasteiger charge is 2.30. The summed E-state index contributed by atoms with van der Waals surface area (Å²) in [6.07, 6.45) is 1.10. The first-order valence-electron chi connectivity index (χ1n) is 5.77. The molecule has 0 bridgehead atoms. The van der Waals surface area contributed by atoms with Gasteiger partial charge in [-0.15, -0.1) is 0 Å². The SMILES string of the molecule is CCC(N)(CC)C(=O)Nc1c(C)cc(Cl)nc1Cl. The summed E-state index contributed by atoms with van der Waals surface area (Å²) in [7, 11) is 0. The van der Waals surface area contributed by atoms with Crippen LogP contribution in [0.3, 0.4) is 0 Å². The molecule has 1 rings (SSSR count). The van der Waals surface area contributed by atoms with Crippen LogP contribution in [0.2, 0.25) is 10.3 Å². The summed E-state index contributed by atoms with van der Waals surface area (Å²) in [6.45, 7) is 5.54. The number of nitrogens with one attached hydrogen (secondary N) is 1. The third-order valence-corrected chi connectivity index (χ3v) is 3.56. The average Bonchev–Trinajstić information content (AvgIpc) is 2.32. The van der Waals surface area contributed by atoms with Crippen molar-refractivity contribution in [3.63, 3.8) is 0 Å². The van der Waals surface area contributed by atoms with E-state index in [-0.39, 0.29) is 11.1 Å². The summed E-state index contributed by atoms with van der Waals surface area (Å²) >= 11 is 11.7. The Bertz CT molecular complexity index is 436. The molecule has 0 aromatic carbocycles. The predicted octanol–water partition coefficient (Wildman–Crippen LogP) is 3.15. The predicted molar refractivity (Wildman–Crippen MR) is 75.1 cm³/mol. The number of nitrogens with two attached hydrogens (primary N) is 1. The summed E-state index contributed by atoms with van der Waals surface area (Å²) in [5.41, 5.74) is 6.34. The smallest absolute Gasteiger partial charge is 0.244 e. The molecule has 1 aromatic heterocycles. The molecule has 0 unspecified atom stereocenters. The van der Waals surface area contributed by atoms with Gasteiger partial charge in [0.1, 0.15) is 5.15 Å². The first-order chi connectivity index (χ1) is 8.34. The molecule has 1 heterocycles. The minimum Gasteiger partial charge on any atom is -0.322 e. The van der Waals surface area contributed by atoms with E-state index >= 15 is 0 Å². The Morgan fingerprint density at radius 3 is 2.44 bits per heavy atom. The van der Waals surface area contributed by atoms with Gasteiger partial charge in [0, 0.05) is 0 Å². The number of aromatic nitrogens is 1. The van der Waals surface area contributed by atoms with E-state index in [2.05, 4.69) is 10.3 Å². The normalized spacial score (nSPS) is 11.4. The van der Waals surface area contributed by atoms with Gasteiger partial charge in [-0.05, 0) is 31.4 Å². The first kappa shape index (κ1) is 15.2. The molecular formula is C12H17Cl2N3O. The van der Waals surface area contributed by atoms with Crippen LogP contribution in [0.25, 0.3) is 0 Å². The van der Waals surface area contributed by atoms with Gasteiger partial charge in [-0.1, -0.05) is 37.0 Å². The molecule has 1 aromatic rings. The fourth-order valence-corrected chi connectivity index (χ4v) is 2.13. The number of hydrogen-bond donors (Lipinski definition) is 2. The number of rotatable bonds is 4. The van der Waals surface area contributed by atoms with Gasteiger partial charge in [0.05, 0.1) is 11.2 Å². The van der Waals surface area contributed by atoms with E-state index in [4.69, 9.17) is 28.9 Å². The number of halogens is 2. The van der Waals surface area contributed by atoms with Crippen molar-refractivity contribution in [3.8, 4) is 0 Å². The second-order valence-electron chi connectivity index (χ2n) is 4.25. The molecule has 4 nitrogen and oxygen atoms in total. The van der Waals surface area contributed by atoms with E-state index in [0.29, 0.717) is 23.7 Å². The molecule has 3 N–H and O–H groups in total. The number of amides is 1. The lowest BCUT2D eigenvalue weighted by Gasteiger charge is -2.25. The van der Waals surface area contributed by atoms with Crippen LogP contribution < -0.4 is 11.1 Å². The summed E-state index contributed by atoms with van der Waals surface area (Å²) in [4.78, 5) is 16.0. The fourth-order valence-electron chi connectivity index (χ4n) is 1.55. The maximum atomic E-state index is 12.1. The van der Waals surface area contributed by atoms with E-state index in [1.807, 2.05) is 13.8 Å². The highest BCUT2D eigenvalue weighted by molar-refractivity contribution is 6.34. The van der Waals surface area contributed by atoms with Crippen LogP contribution in [-0.2, 0) is 4.79 Å². The number of aryl methyl sites for hydroxylation is 1. The lowest BCUT2D eigenvalue weighted by Crippen LogP contribution is -2.50. The number of nitrogens with zero attached hydrogens (tertiary/aromatic N) is 1. The van der Waals surface area contributed by atoms with E-state index in [1.54, 1.807) is 13.0 Å². The largest absolute Gasteiger partial charge is 0.322 e. The molecule has 1 amide bonds. The van der Waals surface area contributed by atoms with Gasteiger partial charge in [-0.3, -0.25) is 4.79 Å². The summed E-state index contributed by atoms with van der Waals surface area (Å²) < 4.78 is 0. The van der Waals surface area contributed by atoms with Gasteiger partial charge in [-0.2, -0.15) is 0 Å². The minimum atomic E-state index is -0.893.